The maximum Gasteiger partial charge on any atom is 0.251 e. The summed E-state index contributed by atoms with van der Waals surface area (Å²) in [7, 11) is 3.97. The molecule has 3 aliphatic rings. The first-order valence-electron chi connectivity index (χ1n) is 13.0. The van der Waals surface area contributed by atoms with Gasteiger partial charge in [0.05, 0.1) is 5.60 Å². The molecule has 188 valence electrons. The molecule has 0 aromatic heterocycles. The summed E-state index contributed by atoms with van der Waals surface area (Å²) >= 11 is 0. The predicted octanol–water partition coefficient (Wildman–Crippen LogP) is 4.22. The molecule has 1 aromatic rings. The fourth-order valence-electron chi connectivity index (χ4n) is 7.05. The molecule has 34 heavy (non-hydrogen) atoms. The molecule has 0 radical (unpaired) electrons. The third-order valence-electron chi connectivity index (χ3n) is 9.05. The minimum absolute atomic E-state index is 0.00370. The molecule has 1 aromatic carbocycles. The van der Waals surface area contributed by atoms with Crippen molar-refractivity contribution in [1.29, 1.82) is 0 Å². The Morgan fingerprint density at radius 3 is 2.32 bits per heavy atom. The van der Waals surface area contributed by atoms with Crippen molar-refractivity contribution in [2.45, 2.75) is 83.8 Å². The number of anilines is 1. The summed E-state index contributed by atoms with van der Waals surface area (Å²) in [5, 5.41) is 14.4. The second kappa shape index (κ2) is 9.18. The molecular formula is C28H43N3O3. The van der Waals surface area contributed by atoms with Gasteiger partial charge in [0.1, 0.15) is 0 Å². The molecule has 1 heterocycles. The predicted molar refractivity (Wildman–Crippen MR) is 136 cm³/mol. The van der Waals surface area contributed by atoms with Gasteiger partial charge in [-0.3, -0.25) is 9.59 Å². The van der Waals surface area contributed by atoms with E-state index in [9.17, 15) is 14.7 Å². The standard InChI is InChI=1S/C28H43N3O3/c1-26(2)19-23(29-25(33)20-8-10-21(11-9-20)30(4)5)28(15-14-27(3,34)18-22(26)28)13-12-24(32)31-16-6-7-17-31/h8-11,22-23,34H,6-7,12-19H2,1-5H3,(H,29,33)/t22-,23-,27-,28-/m0/s1. The van der Waals surface area contributed by atoms with Crippen LogP contribution in [0.3, 0.4) is 0 Å². The zero-order valence-corrected chi connectivity index (χ0v) is 21.7. The maximum atomic E-state index is 13.3. The Balaban J connectivity index is 1.57. The van der Waals surface area contributed by atoms with Crippen LogP contribution >= 0.6 is 0 Å². The molecule has 3 fully saturated rings. The van der Waals surface area contributed by atoms with Gasteiger partial charge in [0.15, 0.2) is 0 Å². The number of carbonyl (C=O) groups excluding carboxylic acids is 2. The third kappa shape index (κ3) is 4.84. The Bertz CT molecular complexity index is 902. The number of aliphatic hydroxyl groups is 1. The highest BCUT2D eigenvalue weighted by Crippen LogP contribution is 2.64. The summed E-state index contributed by atoms with van der Waals surface area (Å²) < 4.78 is 0. The molecule has 2 amide bonds. The van der Waals surface area contributed by atoms with Gasteiger partial charge in [-0.2, -0.15) is 0 Å². The van der Waals surface area contributed by atoms with E-state index >= 15 is 0 Å². The number of nitrogens with one attached hydrogen (secondary N) is 1. The van der Waals surface area contributed by atoms with E-state index in [1.807, 2.05) is 55.1 Å². The van der Waals surface area contributed by atoms with Crippen LogP contribution < -0.4 is 10.2 Å². The van der Waals surface area contributed by atoms with Gasteiger partial charge in [0, 0.05) is 50.9 Å². The number of benzene rings is 1. The molecule has 2 saturated carbocycles. The van der Waals surface area contributed by atoms with Crippen molar-refractivity contribution in [2.75, 3.05) is 32.1 Å². The average Bonchev–Trinajstić information content (AvgIpc) is 3.38. The second-order valence-electron chi connectivity index (χ2n) is 12.2. The fraction of sp³-hybridized carbons (Fsp3) is 0.714. The lowest BCUT2D eigenvalue weighted by atomic mass is 9.57. The SMILES string of the molecule is CN(C)c1ccc(C(=O)N[C@H]2CC(C)(C)[C@@H]3C[C@@](C)(O)CC[C@]23CCC(=O)N2CCCC2)cc1. The molecule has 2 N–H and O–H groups in total. The van der Waals surface area contributed by atoms with Crippen molar-refractivity contribution in [2.24, 2.45) is 16.7 Å². The highest BCUT2D eigenvalue weighted by molar-refractivity contribution is 5.94. The van der Waals surface area contributed by atoms with Gasteiger partial charge >= 0.3 is 0 Å². The summed E-state index contributed by atoms with van der Waals surface area (Å²) in [5.74, 6) is 0.461. The summed E-state index contributed by atoms with van der Waals surface area (Å²) in [6.45, 7) is 8.24. The number of fused-ring (bicyclic) bond motifs is 1. The minimum Gasteiger partial charge on any atom is -0.390 e. The first-order valence-corrected chi connectivity index (χ1v) is 13.0. The lowest BCUT2D eigenvalue weighted by Crippen LogP contribution is -2.52. The molecule has 4 atom stereocenters. The molecule has 2 aliphatic carbocycles. The lowest BCUT2D eigenvalue weighted by Gasteiger charge is -2.51. The van der Waals surface area contributed by atoms with Gasteiger partial charge in [-0.1, -0.05) is 13.8 Å². The van der Waals surface area contributed by atoms with Crippen molar-refractivity contribution >= 4 is 17.5 Å². The van der Waals surface area contributed by atoms with Crippen LogP contribution in [0.5, 0.6) is 0 Å². The van der Waals surface area contributed by atoms with Gasteiger partial charge in [-0.05, 0) is 92.9 Å². The highest BCUT2D eigenvalue weighted by Gasteiger charge is 2.61. The van der Waals surface area contributed by atoms with Gasteiger partial charge in [-0.25, -0.2) is 0 Å². The Labute approximate surface area is 205 Å². The quantitative estimate of drug-likeness (QED) is 0.654. The Hall–Kier alpha value is -2.08. The van der Waals surface area contributed by atoms with Crippen molar-refractivity contribution in [1.82, 2.24) is 10.2 Å². The van der Waals surface area contributed by atoms with Crippen molar-refractivity contribution in [3.05, 3.63) is 29.8 Å². The molecule has 1 aliphatic heterocycles. The lowest BCUT2D eigenvalue weighted by molar-refractivity contribution is -0.132. The average molecular weight is 470 g/mol. The topological polar surface area (TPSA) is 72.9 Å². The monoisotopic (exact) mass is 469 g/mol. The van der Waals surface area contributed by atoms with Gasteiger partial charge < -0.3 is 20.2 Å². The van der Waals surface area contributed by atoms with Crippen LogP contribution in [0.15, 0.2) is 24.3 Å². The highest BCUT2D eigenvalue weighted by atomic mass is 16.3. The molecule has 6 heteroatoms. The minimum atomic E-state index is -0.689. The third-order valence-corrected chi connectivity index (χ3v) is 9.05. The number of amides is 2. The number of hydrogen-bond donors (Lipinski definition) is 2. The Morgan fingerprint density at radius 2 is 1.71 bits per heavy atom. The van der Waals surface area contributed by atoms with Crippen LogP contribution in [0.25, 0.3) is 0 Å². The van der Waals surface area contributed by atoms with Crippen LogP contribution in [0.1, 0.15) is 82.5 Å². The smallest absolute Gasteiger partial charge is 0.251 e. The molecule has 1 saturated heterocycles. The van der Waals surface area contributed by atoms with E-state index in [4.69, 9.17) is 0 Å². The number of hydrogen-bond acceptors (Lipinski definition) is 4. The molecule has 0 spiro atoms. The van der Waals surface area contributed by atoms with Crippen molar-refractivity contribution in [3.8, 4) is 0 Å². The summed E-state index contributed by atoms with van der Waals surface area (Å²) in [5.41, 5.74) is 0.849. The normalized spacial score (nSPS) is 32.4. The summed E-state index contributed by atoms with van der Waals surface area (Å²) in [6.07, 6.45) is 6.64. The maximum absolute atomic E-state index is 13.3. The molecule has 0 unspecified atom stereocenters. The van der Waals surface area contributed by atoms with Crippen LogP contribution in [0.2, 0.25) is 0 Å². The molecule has 4 rings (SSSR count). The first-order chi connectivity index (χ1) is 15.9. The van der Waals surface area contributed by atoms with Crippen molar-refractivity contribution in [3.63, 3.8) is 0 Å². The van der Waals surface area contributed by atoms with Crippen LogP contribution in [-0.2, 0) is 4.79 Å². The van der Waals surface area contributed by atoms with Crippen LogP contribution in [0, 0.1) is 16.7 Å². The summed E-state index contributed by atoms with van der Waals surface area (Å²) in [6, 6.07) is 7.71. The van der Waals surface area contributed by atoms with E-state index in [0.29, 0.717) is 18.4 Å². The van der Waals surface area contributed by atoms with Crippen LogP contribution in [-0.4, -0.2) is 60.6 Å². The Kier molecular flexibility index (Phi) is 6.75. The van der Waals surface area contributed by atoms with Gasteiger partial charge in [0.25, 0.3) is 5.91 Å². The fourth-order valence-corrected chi connectivity index (χ4v) is 7.05. The van der Waals surface area contributed by atoms with E-state index in [1.165, 1.54) is 0 Å². The van der Waals surface area contributed by atoms with E-state index < -0.39 is 5.60 Å². The van der Waals surface area contributed by atoms with Gasteiger partial charge in [0.2, 0.25) is 5.91 Å². The molecular weight excluding hydrogens is 426 g/mol. The zero-order chi connectivity index (χ0) is 24.7. The van der Waals surface area contributed by atoms with Crippen molar-refractivity contribution < 1.29 is 14.7 Å². The number of nitrogens with zero attached hydrogens (tertiary/aromatic N) is 2. The Morgan fingerprint density at radius 1 is 1.06 bits per heavy atom. The van der Waals surface area contributed by atoms with Crippen LogP contribution in [0.4, 0.5) is 5.69 Å². The number of likely N-dealkylation sites (tertiary alicyclic amines) is 1. The molecule has 6 nitrogen and oxygen atoms in total. The largest absolute Gasteiger partial charge is 0.390 e. The van der Waals surface area contributed by atoms with E-state index in [0.717, 1.165) is 57.3 Å². The second-order valence-corrected chi connectivity index (χ2v) is 12.2. The van der Waals surface area contributed by atoms with E-state index in [-0.39, 0.29) is 34.6 Å². The summed E-state index contributed by atoms with van der Waals surface area (Å²) in [4.78, 5) is 30.3. The number of rotatable bonds is 6. The first kappa shape index (κ1) is 25.0. The van der Waals surface area contributed by atoms with E-state index in [2.05, 4.69) is 19.2 Å². The molecule has 0 bridgehead atoms. The number of carbonyl (C=O) groups is 2. The van der Waals surface area contributed by atoms with Gasteiger partial charge in [-0.15, -0.1) is 0 Å². The zero-order valence-electron chi connectivity index (χ0n) is 21.7. The van der Waals surface area contributed by atoms with E-state index in [1.54, 1.807) is 0 Å².